The van der Waals surface area contributed by atoms with Crippen molar-refractivity contribution in [1.82, 2.24) is 0 Å². The molecule has 0 aliphatic rings. The van der Waals surface area contributed by atoms with Gasteiger partial charge in [-0.1, -0.05) is 34.1 Å². The van der Waals surface area contributed by atoms with Crippen molar-refractivity contribution >= 4 is 39.0 Å². The van der Waals surface area contributed by atoms with E-state index in [4.69, 9.17) is 0 Å². The second-order valence-corrected chi connectivity index (χ2v) is 3.76. The first-order chi connectivity index (χ1) is 7.20. The number of aliphatic hydroxyl groups excluding tert-OH is 2. The SMILES string of the molecule is OC(CBr)C(O)c1ccccc1N=C=S. The maximum absolute atomic E-state index is 9.79. The zero-order valence-electron chi connectivity index (χ0n) is 7.80. The number of benzene rings is 1. The summed E-state index contributed by atoms with van der Waals surface area (Å²) in [5, 5.41) is 21.8. The lowest BCUT2D eigenvalue weighted by Crippen LogP contribution is -2.19. The van der Waals surface area contributed by atoms with E-state index >= 15 is 0 Å². The van der Waals surface area contributed by atoms with Crippen LogP contribution in [0, 0.1) is 0 Å². The molecule has 1 rings (SSSR count). The van der Waals surface area contributed by atoms with E-state index in [9.17, 15) is 10.2 Å². The number of hydrogen-bond acceptors (Lipinski definition) is 4. The lowest BCUT2D eigenvalue weighted by atomic mass is 10.0. The van der Waals surface area contributed by atoms with Gasteiger partial charge < -0.3 is 10.2 Å². The lowest BCUT2D eigenvalue weighted by molar-refractivity contribution is 0.0346. The zero-order chi connectivity index (χ0) is 11.3. The zero-order valence-corrected chi connectivity index (χ0v) is 10.2. The largest absolute Gasteiger partial charge is 0.389 e. The average molecular weight is 288 g/mol. The van der Waals surface area contributed by atoms with Crippen molar-refractivity contribution in [1.29, 1.82) is 0 Å². The van der Waals surface area contributed by atoms with Gasteiger partial charge in [0.15, 0.2) is 0 Å². The molecule has 2 atom stereocenters. The van der Waals surface area contributed by atoms with Crippen LogP contribution in [0.1, 0.15) is 11.7 Å². The van der Waals surface area contributed by atoms with Gasteiger partial charge in [-0.2, -0.15) is 4.99 Å². The van der Waals surface area contributed by atoms with E-state index in [1.165, 1.54) is 0 Å². The van der Waals surface area contributed by atoms with Crippen LogP contribution >= 0.6 is 28.1 Å². The molecular weight excluding hydrogens is 278 g/mol. The summed E-state index contributed by atoms with van der Waals surface area (Å²) < 4.78 is 0. The van der Waals surface area contributed by atoms with E-state index in [0.29, 0.717) is 16.6 Å². The molecule has 2 N–H and O–H groups in total. The second-order valence-electron chi connectivity index (χ2n) is 2.93. The third-order valence-corrected chi connectivity index (χ3v) is 2.70. The molecule has 0 fully saturated rings. The van der Waals surface area contributed by atoms with Gasteiger partial charge in [0.2, 0.25) is 0 Å². The average Bonchev–Trinajstić information content (AvgIpc) is 2.28. The van der Waals surface area contributed by atoms with E-state index in [1.807, 2.05) is 0 Å². The smallest absolute Gasteiger partial charge is 0.108 e. The number of rotatable bonds is 4. The number of aliphatic hydroxyl groups is 2. The van der Waals surface area contributed by atoms with E-state index in [1.54, 1.807) is 24.3 Å². The molecule has 0 aliphatic heterocycles. The first-order valence-corrected chi connectivity index (χ1v) is 5.82. The molecule has 0 bridgehead atoms. The van der Waals surface area contributed by atoms with Crippen molar-refractivity contribution in [2.75, 3.05) is 5.33 Å². The Morgan fingerprint density at radius 1 is 1.40 bits per heavy atom. The summed E-state index contributed by atoms with van der Waals surface area (Å²) in [4.78, 5) is 3.82. The van der Waals surface area contributed by atoms with Crippen LogP contribution in [0.15, 0.2) is 29.3 Å². The minimum atomic E-state index is -0.979. The maximum atomic E-state index is 9.79. The van der Waals surface area contributed by atoms with Gasteiger partial charge >= 0.3 is 0 Å². The van der Waals surface area contributed by atoms with Gasteiger partial charge in [-0.15, -0.1) is 0 Å². The van der Waals surface area contributed by atoms with Crippen molar-refractivity contribution in [3.63, 3.8) is 0 Å². The molecule has 0 aromatic heterocycles. The van der Waals surface area contributed by atoms with Gasteiger partial charge in [0.25, 0.3) is 0 Å². The number of alkyl halides is 1. The van der Waals surface area contributed by atoms with Gasteiger partial charge in [-0.3, -0.25) is 0 Å². The van der Waals surface area contributed by atoms with Crippen LogP contribution in [0.4, 0.5) is 5.69 Å². The molecule has 0 aliphatic carbocycles. The molecule has 0 radical (unpaired) electrons. The van der Waals surface area contributed by atoms with Gasteiger partial charge in [0.1, 0.15) is 6.10 Å². The number of para-hydroxylation sites is 1. The topological polar surface area (TPSA) is 52.8 Å². The van der Waals surface area contributed by atoms with Crippen LogP contribution < -0.4 is 0 Å². The Kier molecular flexibility index (Phi) is 5.08. The molecular formula is C10H10BrNO2S. The Balaban J connectivity index is 3.07. The summed E-state index contributed by atoms with van der Waals surface area (Å²) >= 11 is 7.60. The molecule has 0 heterocycles. The number of isothiocyanates is 1. The monoisotopic (exact) mass is 287 g/mol. The highest BCUT2D eigenvalue weighted by Gasteiger charge is 2.19. The van der Waals surface area contributed by atoms with Gasteiger partial charge in [0, 0.05) is 10.9 Å². The van der Waals surface area contributed by atoms with Crippen LogP contribution in [-0.4, -0.2) is 26.8 Å². The molecule has 3 nitrogen and oxygen atoms in total. The fourth-order valence-electron chi connectivity index (χ4n) is 1.18. The van der Waals surface area contributed by atoms with Crippen LogP contribution in [0.2, 0.25) is 0 Å². The Morgan fingerprint density at radius 2 is 2.07 bits per heavy atom. The number of halogens is 1. The predicted molar refractivity (Wildman–Crippen MR) is 65.9 cm³/mol. The summed E-state index contributed by atoms with van der Waals surface area (Å²) in [5.41, 5.74) is 1.07. The highest BCUT2D eigenvalue weighted by atomic mass is 79.9. The molecule has 0 amide bonds. The quantitative estimate of drug-likeness (QED) is 0.507. The fraction of sp³-hybridized carbons (Fsp3) is 0.300. The maximum Gasteiger partial charge on any atom is 0.108 e. The molecule has 1 aromatic carbocycles. The van der Waals surface area contributed by atoms with E-state index in [0.717, 1.165) is 0 Å². The third kappa shape index (κ3) is 3.19. The molecule has 0 spiro atoms. The van der Waals surface area contributed by atoms with Gasteiger partial charge in [-0.05, 0) is 18.3 Å². The highest BCUT2D eigenvalue weighted by molar-refractivity contribution is 9.09. The van der Waals surface area contributed by atoms with Gasteiger partial charge in [0.05, 0.1) is 17.0 Å². The van der Waals surface area contributed by atoms with Crippen molar-refractivity contribution in [2.24, 2.45) is 4.99 Å². The van der Waals surface area contributed by atoms with Crippen molar-refractivity contribution in [3.8, 4) is 0 Å². The van der Waals surface area contributed by atoms with Crippen LogP contribution in [0.3, 0.4) is 0 Å². The molecule has 0 saturated heterocycles. The Labute approximate surface area is 102 Å². The highest BCUT2D eigenvalue weighted by Crippen LogP contribution is 2.27. The fourth-order valence-corrected chi connectivity index (χ4v) is 1.63. The minimum absolute atomic E-state index is 0.295. The van der Waals surface area contributed by atoms with Crippen molar-refractivity contribution < 1.29 is 10.2 Å². The summed E-state index contributed by atoms with van der Waals surface area (Å²) in [6, 6.07) is 6.95. The van der Waals surface area contributed by atoms with E-state index in [2.05, 4.69) is 38.3 Å². The summed E-state index contributed by atoms with van der Waals surface area (Å²) in [6.07, 6.45) is -1.85. The Bertz CT molecular complexity index is 379. The summed E-state index contributed by atoms with van der Waals surface area (Å²) in [6.45, 7) is 0. The molecule has 15 heavy (non-hydrogen) atoms. The second kappa shape index (κ2) is 6.10. The lowest BCUT2D eigenvalue weighted by Gasteiger charge is -2.16. The first kappa shape index (κ1) is 12.5. The van der Waals surface area contributed by atoms with Gasteiger partial charge in [-0.25, -0.2) is 0 Å². The molecule has 80 valence electrons. The van der Waals surface area contributed by atoms with E-state index in [-0.39, 0.29) is 0 Å². The number of thiocarbonyl (C=S) groups is 1. The first-order valence-electron chi connectivity index (χ1n) is 4.29. The molecule has 0 saturated carbocycles. The van der Waals surface area contributed by atoms with E-state index < -0.39 is 12.2 Å². The van der Waals surface area contributed by atoms with Crippen LogP contribution in [0.5, 0.6) is 0 Å². The normalized spacial score (nSPS) is 14.1. The summed E-state index contributed by atoms with van der Waals surface area (Å²) in [7, 11) is 0. The minimum Gasteiger partial charge on any atom is -0.389 e. The van der Waals surface area contributed by atoms with Crippen molar-refractivity contribution in [2.45, 2.75) is 12.2 Å². The Hall–Kier alpha value is -0.580. The number of aliphatic imine (C=N–C) groups is 1. The van der Waals surface area contributed by atoms with Crippen LogP contribution in [0.25, 0.3) is 0 Å². The molecule has 5 heteroatoms. The predicted octanol–water partition coefficient (Wildman–Crippen LogP) is 2.21. The number of nitrogens with zero attached hydrogens (tertiary/aromatic N) is 1. The van der Waals surface area contributed by atoms with Crippen molar-refractivity contribution in [3.05, 3.63) is 29.8 Å². The molecule has 2 unspecified atom stereocenters. The third-order valence-electron chi connectivity index (χ3n) is 1.94. The molecule has 1 aromatic rings. The standard InChI is InChI=1S/C10H10BrNO2S/c11-5-9(13)10(14)7-3-1-2-4-8(7)12-6-15/h1-4,9-10,13-14H,5H2. The summed E-state index contributed by atoms with van der Waals surface area (Å²) in [5.74, 6) is 0. The number of hydrogen-bond donors (Lipinski definition) is 2. The van der Waals surface area contributed by atoms with Crippen LogP contribution in [-0.2, 0) is 0 Å². The Morgan fingerprint density at radius 3 is 2.67 bits per heavy atom.